The third-order valence-corrected chi connectivity index (χ3v) is 4.71. The number of nitrogens with two attached hydrogens (primary N) is 1. The molecule has 2 nitrogen and oxygen atoms in total. The van der Waals surface area contributed by atoms with Gasteiger partial charge in [-0.15, -0.1) is 11.8 Å². The number of nitrogens with one attached hydrogen (secondary N) is 1. The molecule has 104 valence electrons. The van der Waals surface area contributed by atoms with Crippen molar-refractivity contribution in [2.24, 2.45) is 5.73 Å². The number of hydrogen-bond acceptors (Lipinski definition) is 2. The Morgan fingerprint density at radius 3 is 2.60 bits per heavy atom. The molecule has 0 fully saturated rings. The van der Waals surface area contributed by atoms with Crippen LogP contribution in [0.2, 0.25) is 10.0 Å². The Morgan fingerprint density at radius 1 is 1.20 bits per heavy atom. The fourth-order valence-corrected chi connectivity index (χ4v) is 3.34. The van der Waals surface area contributed by atoms with Crippen LogP contribution in [0.3, 0.4) is 0 Å². The number of hydrogen-bond donors (Lipinski definition) is 2. The maximum atomic E-state index is 7.43. The molecule has 0 aliphatic rings. The van der Waals surface area contributed by atoms with E-state index in [1.807, 2.05) is 31.2 Å². The van der Waals surface area contributed by atoms with Gasteiger partial charge in [0.25, 0.3) is 0 Å². The van der Waals surface area contributed by atoms with Gasteiger partial charge in [0.15, 0.2) is 0 Å². The van der Waals surface area contributed by atoms with Crippen molar-refractivity contribution in [1.82, 2.24) is 0 Å². The Bertz CT molecular complexity index is 656. The van der Waals surface area contributed by atoms with Gasteiger partial charge in [-0.3, -0.25) is 5.41 Å². The number of aryl methyl sites for hydroxylation is 1. The van der Waals surface area contributed by atoms with Crippen LogP contribution in [-0.4, -0.2) is 5.84 Å². The summed E-state index contributed by atoms with van der Waals surface area (Å²) in [5.41, 5.74) is 8.53. The molecule has 0 aliphatic carbocycles. The Labute approximate surface area is 132 Å². The van der Waals surface area contributed by atoms with Crippen LogP contribution >= 0.6 is 35.0 Å². The molecule has 0 aromatic heterocycles. The molecule has 0 spiro atoms. The second kappa shape index (κ2) is 6.53. The van der Waals surface area contributed by atoms with Crippen LogP contribution in [0, 0.1) is 12.3 Å². The van der Waals surface area contributed by atoms with E-state index in [1.54, 1.807) is 23.9 Å². The minimum atomic E-state index is 0.0881. The van der Waals surface area contributed by atoms with Crippen LogP contribution in [0.1, 0.15) is 16.7 Å². The first-order valence-corrected chi connectivity index (χ1v) is 7.73. The monoisotopic (exact) mass is 324 g/mol. The van der Waals surface area contributed by atoms with Gasteiger partial charge in [0.1, 0.15) is 5.84 Å². The molecule has 0 amide bonds. The van der Waals surface area contributed by atoms with Crippen LogP contribution in [0.25, 0.3) is 0 Å². The molecule has 20 heavy (non-hydrogen) atoms. The Kier molecular flexibility index (Phi) is 4.97. The predicted octanol–water partition coefficient (Wildman–Crippen LogP) is 4.88. The van der Waals surface area contributed by atoms with E-state index in [0.29, 0.717) is 10.0 Å². The van der Waals surface area contributed by atoms with Gasteiger partial charge in [-0.05, 0) is 42.3 Å². The minimum Gasteiger partial charge on any atom is -0.384 e. The second-order valence-corrected chi connectivity index (χ2v) is 6.28. The van der Waals surface area contributed by atoms with E-state index >= 15 is 0 Å². The zero-order valence-corrected chi connectivity index (χ0v) is 13.2. The van der Waals surface area contributed by atoms with E-state index in [2.05, 4.69) is 0 Å². The highest BCUT2D eigenvalue weighted by molar-refractivity contribution is 7.98. The smallest absolute Gasteiger partial charge is 0.122 e. The minimum absolute atomic E-state index is 0.0881. The second-order valence-electron chi connectivity index (χ2n) is 4.42. The maximum Gasteiger partial charge on any atom is 0.122 e. The molecule has 0 aliphatic heterocycles. The Balaban J connectivity index is 2.15. The van der Waals surface area contributed by atoms with Crippen molar-refractivity contribution in [3.05, 3.63) is 63.1 Å². The molecule has 0 atom stereocenters. The van der Waals surface area contributed by atoms with E-state index in [0.717, 1.165) is 21.8 Å². The zero-order chi connectivity index (χ0) is 14.7. The first kappa shape index (κ1) is 15.2. The van der Waals surface area contributed by atoms with E-state index in [1.165, 1.54) is 5.56 Å². The molecule has 0 unspecified atom stereocenters. The van der Waals surface area contributed by atoms with E-state index in [-0.39, 0.29) is 5.84 Å². The molecule has 3 N–H and O–H groups in total. The number of thioether (sulfide) groups is 1. The topological polar surface area (TPSA) is 49.9 Å². The van der Waals surface area contributed by atoms with Crippen molar-refractivity contribution in [2.75, 3.05) is 0 Å². The first-order valence-electron chi connectivity index (χ1n) is 5.99. The average molecular weight is 325 g/mol. The summed E-state index contributed by atoms with van der Waals surface area (Å²) in [4.78, 5) is 0.967. The lowest BCUT2D eigenvalue weighted by atomic mass is 10.1. The van der Waals surface area contributed by atoms with Crippen molar-refractivity contribution in [2.45, 2.75) is 17.6 Å². The summed E-state index contributed by atoms with van der Waals surface area (Å²) in [6.45, 7) is 2.02. The summed E-state index contributed by atoms with van der Waals surface area (Å²) < 4.78 is 0. The summed E-state index contributed by atoms with van der Waals surface area (Å²) in [5, 5.41) is 8.82. The van der Waals surface area contributed by atoms with Gasteiger partial charge in [-0.2, -0.15) is 0 Å². The maximum absolute atomic E-state index is 7.43. The molecule has 0 heterocycles. The molecule has 2 aromatic carbocycles. The van der Waals surface area contributed by atoms with Gasteiger partial charge in [-0.1, -0.05) is 35.3 Å². The molecule has 2 aromatic rings. The van der Waals surface area contributed by atoms with Gasteiger partial charge >= 0.3 is 0 Å². The largest absolute Gasteiger partial charge is 0.384 e. The highest BCUT2D eigenvalue weighted by Crippen LogP contribution is 2.32. The summed E-state index contributed by atoms with van der Waals surface area (Å²) in [5.74, 6) is 0.884. The van der Waals surface area contributed by atoms with Crippen LogP contribution in [0.4, 0.5) is 0 Å². The molecule has 0 radical (unpaired) electrons. The van der Waals surface area contributed by atoms with Crippen LogP contribution in [0.5, 0.6) is 0 Å². The molecular formula is C15H14Cl2N2S. The third kappa shape index (κ3) is 3.69. The lowest BCUT2D eigenvalue weighted by molar-refractivity contribution is 1.28. The number of nitrogen functional groups attached to an aromatic ring is 1. The lowest BCUT2D eigenvalue weighted by Crippen LogP contribution is -2.11. The molecule has 0 bridgehead atoms. The van der Waals surface area contributed by atoms with Crippen molar-refractivity contribution in [3.63, 3.8) is 0 Å². The van der Waals surface area contributed by atoms with Crippen molar-refractivity contribution in [1.29, 1.82) is 5.41 Å². The molecule has 0 saturated carbocycles. The van der Waals surface area contributed by atoms with Gasteiger partial charge in [0, 0.05) is 21.2 Å². The average Bonchev–Trinajstić information content (AvgIpc) is 2.40. The number of halogens is 2. The Hall–Kier alpha value is -1.16. The highest BCUT2D eigenvalue weighted by Gasteiger charge is 2.06. The van der Waals surface area contributed by atoms with Gasteiger partial charge < -0.3 is 5.73 Å². The third-order valence-electron chi connectivity index (χ3n) is 2.93. The van der Waals surface area contributed by atoms with Crippen molar-refractivity contribution in [3.8, 4) is 0 Å². The first-order chi connectivity index (χ1) is 9.47. The Morgan fingerprint density at radius 2 is 1.95 bits per heavy atom. The zero-order valence-electron chi connectivity index (χ0n) is 10.9. The van der Waals surface area contributed by atoms with Gasteiger partial charge in [0.2, 0.25) is 0 Å². The number of amidine groups is 1. The van der Waals surface area contributed by atoms with Crippen LogP contribution < -0.4 is 5.73 Å². The lowest BCUT2D eigenvalue weighted by Gasteiger charge is -2.09. The molecular weight excluding hydrogens is 311 g/mol. The summed E-state index contributed by atoms with van der Waals surface area (Å²) in [6, 6.07) is 11.2. The molecule has 5 heteroatoms. The predicted molar refractivity (Wildman–Crippen MR) is 88.2 cm³/mol. The van der Waals surface area contributed by atoms with E-state index in [4.69, 9.17) is 34.3 Å². The SMILES string of the molecule is Cc1cc(C(=N)N)ccc1CSc1cc(Cl)ccc1Cl. The van der Waals surface area contributed by atoms with E-state index in [9.17, 15) is 0 Å². The summed E-state index contributed by atoms with van der Waals surface area (Å²) >= 11 is 13.8. The van der Waals surface area contributed by atoms with Crippen molar-refractivity contribution < 1.29 is 0 Å². The van der Waals surface area contributed by atoms with Crippen LogP contribution in [-0.2, 0) is 5.75 Å². The molecule has 2 rings (SSSR count). The standard InChI is InChI=1S/C15H14Cl2N2S/c1-9-6-10(15(18)19)2-3-11(9)8-20-14-7-12(16)4-5-13(14)17/h2-7H,8H2,1H3,(H3,18,19). The number of benzene rings is 2. The summed E-state index contributed by atoms with van der Waals surface area (Å²) in [7, 11) is 0. The quantitative estimate of drug-likeness (QED) is 0.478. The highest BCUT2D eigenvalue weighted by atomic mass is 35.5. The molecule has 0 saturated heterocycles. The normalized spacial score (nSPS) is 10.6. The fraction of sp³-hybridized carbons (Fsp3) is 0.133. The van der Waals surface area contributed by atoms with Gasteiger partial charge in [0.05, 0.1) is 5.02 Å². The van der Waals surface area contributed by atoms with Crippen LogP contribution in [0.15, 0.2) is 41.3 Å². The van der Waals surface area contributed by atoms with Crippen molar-refractivity contribution >= 4 is 40.8 Å². The summed E-state index contributed by atoms with van der Waals surface area (Å²) in [6.07, 6.45) is 0. The fourth-order valence-electron chi connectivity index (χ4n) is 1.77. The van der Waals surface area contributed by atoms with E-state index < -0.39 is 0 Å². The number of rotatable bonds is 4. The van der Waals surface area contributed by atoms with Gasteiger partial charge in [-0.25, -0.2) is 0 Å².